The molecular weight excluding hydrogens is 416 g/mol. The molecule has 0 aromatic carbocycles. The monoisotopic (exact) mass is 438 g/mol. The van der Waals surface area contributed by atoms with Crippen LogP contribution in [-0.4, -0.2) is 39.6 Å². The maximum absolute atomic E-state index is 12.6. The van der Waals surface area contributed by atoms with Gasteiger partial charge in [-0.25, -0.2) is 19.6 Å². The van der Waals surface area contributed by atoms with Gasteiger partial charge in [0, 0.05) is 18.1 Å². The van der Waals surface area contributed by atoms with Crippen LogP contribution in [0, 0.1) is 0 Å². The highest BCUT2D eigenvalue weighted by Crippen LogP contribution is 2.24. The molecule has 0 bridgehead atoms. The van der Waals surface area contributed by atoms with Crippen molar-refractivity contribution in [1.29, 1.82) is 0 Å². The summed E-state index contributed by atoms with van der Waals surface area (Å²) < 4.78 is 11.1. The lowest BCUT2D eigenvalue weighted by Crippen LogP contribution is -2.24. The molecule has 0 radical (unpaired) electrons. The number of hydrogen-bond donors (Lipinski definition) is 2. The molecular formula is C18H23BrN4O4. The number of halogens is 1. The van der Waals surface area contributed by atoms with Crippen molar-refractivity contribution in [1.82, 2.24) is 15.0 Å². The van der Waals surface area contributed by atoms with Gasteiger partial charge in [0.15, 0.2) is 0 Å². The predicted molar refractivity (Wildman–Crippen MR) is 104 cm³/mol. The zero-order valence-corrected chi connectivity index (χ0v) is 17.6. The van der Waals surface area contributed by atoms with Crippen LogP contribution in [0.5, 0.6) is 0 Å². The molecule has 2 rings (SSSR count). The van der Waals surface area contributed by atoms with Gasteiger partial charge in [0.1, 0.15) is 11.3 Å². The number of carbonyl (C=O) groups excluding carboxylic acids is 2. The standard InChI is InChI=1S/C18H23BrN4O4/c1-6-11-13(15(24)26-5)12(9-22-17-20-7-10(19)8-21-17)23-14(11)16(25)27-18(2,3)4/h7-8,23H,6,9H2,1-5H3,(H,20,21,22). The van der Waals surface area contributed by atoms with E-state index in [0.717, 1.165) is 4.47 Å². The van der Waals surface area contributed by atoms with Crippen LogP contribution in [0.3, 0.4) is 0 Å². The van der Waals surface area contributed by atoms with Gasteiger partial charge in [-0.2, -0.15) is 0 Å². The fourth-order valence-corrected chi connectivity index (χ4v) is 2.71. The average Bonchev–Trinajstić information content (AvgIpc) is 2.98. The summed E-state index contributed by atoms with van der Waals surface area (Å²) in [5, 5.41) is 3.03. The lowest BCUT2D eigenvalue weighted by atomic mass is 10.1. The van der Waals surface area contributed by atoms with Gasteiger partial charge < -0.3 is 19.8 Å². The van der Waals surface area contributed by atoms with E-state index in [-0.39, 0.29) is 12.2 Å². The number of rotatable bonds is 6. The first kappa shape index (κ1) is 20.9. The second-order valence-electron chi connectivity index (χ2n) is 6.76. The molecule has 0 saturated heterocycles. The van der Waals surface area contributed by atoms with E-state index in [1.165, 1.54) is 7.11 Å². The van der Waals surface area contributed by atoms with Crippen molar-refractivity contribution in [3.8, 4) is 0 Å². The van der Waals surface area contributed by atoms with Crippen LogP contribution in [0.2, 0.25) is 0 Å². The van der Waals surface area contributed by atoms with Crippen molar-refractivity contribution in [2.24, 2.45) is 0 Å². The molecule has 0 amide bonds. The highest BCUT2D eigenvalue weighted by Gasteiger charge is 2.28. The highest BCUT2D eigenvalue weighted by atomic mass is 79.9. The molecule has 8 nitrogen and oxygen atoms in total. The number of ether oxygens (including phenoxy) is 2. The number of H-pyrrole nitrogens is 1. The Kier molecular flexibility index (Phi) is 6.59. The van der Waals surface area contributed by atoms with Crippen molar-refractivity contribution in [3.05, 3.63) is 39.4 Å². The molecule has 2 aromatic rings. The lowest BCUT2D eigenvalue weighted by Gasteiger charge is -2.19. The molecule has 0 aliphatic heterocycles. The van der Waals surface area contributed by atoms with Gasteiger partial charge in [-0.3, -0.25) is 0 Å². The van der Waals surface area contributed by atoms with E-state index in [1.807, 2.05) is 6.92 Å². The Morgan fingerprint density at radius 1 is 1.22 bits per heavy atom. The van der Waals surface area contributed by atoms with Crippen LogP contribution in [0.15, 0.2) is 16.9 Å². The summed E-state index contributed by atoms with van der Waals surface area (Å²) in [5.41, 5.74) is 0.991. The summed E-state index contributed by atoms with van der Waals surface area (Å²) in [4.78, 5) is 36.2. The number of aromatic nitrogens is 3. The Labute approximate surface area is 166 Å². The van der Waals surface area contributed by atoms with Crippen molar-refractivity contribution in [2.75, 3.05) is 12.4 Å². The third-order valence-corrected chi connectivity index (χ3v) is 3.98. The molecule has 9 heteroatoms. The van der Waals surface area contributed by atoms with Gasteiger partial charge in [0.25, 0.3) is 0 Å². The van der Waals surface area contributed by atoms with Gasteiger partial charge in [0.05, 0.1) is 23.7 Å². The first-order chi connectivity index (χ1) is 12.7. The highest BCUT2D eigenvalue weighted by molar-refractivity contribution is 9.10. The molecule has 2 aromatic heterocycles. The van der Waals surface area contributed by atoms with Gasteiger partial charge >= 0.3 is 11.9 Å². The minimum Gasteiger partial charge on any atom is -0.465 e. The van der Waals surface area contributed by atoms with E-state index in [4.69, 9.17) is 9.47 Å². The molecule has 0 saturated carbocycles. The SMILES string of the molecule is CCc1c(C(=O)OC(C)(C)C)[nH]c(CNc2ncc(Br)cn2)c1C(=O)OC. The van der Waals surface area contributed by atoms with Gasteiger partial charge in [-0.1, -0.05) is 6.92 Å². The van der Waals surface area contributed by atoms with Crippen LogP contribution in [0.1, 0.15) is 59.8 Å². The van der Waals surface area contributed by atoms with Crippen LogP contribution in [0.25, 0.3) is 0 Å². The fourth-order valence-electron chi connectivity index (χ4n) is 2.50. The zero-order chi connectivity index (χ0) is 20.2. The summed E-state index contributed by atoms with van der Waals surface area (Å²) in [6, 6.07) is 0. The molecule has 0 fully saturated rings. The van der Waals surface area contributed by atoms with Crippen molar-refractivity contribution >= 4 is 33.8 Å². The van der Waals surface area contributed by atoms with Gasteiger partial charge in [0.2, 0.25) is 5.95 Å². The number of methoxy groups -OCH3 is 1. The van der Waals surface area contributed by atoms with E-state index in [2.05, 4.69) is 36.2 Å². The largest absolute Gasteiger partial charge is 0.465 e. The van der Waals surface area contributed by atoms with E-state index < -0.39 is 17.5 Å². The molecule has 0 atom stereocenters. The summed E-state index contributed by atoms with van der Waals surface area (Å²) in [6.45, 7) is 7.43. The predicted octanol–water partition coefficient (Wildman–Crippen LogP) is 3.48. The second-order valence-corrected chi connectivity index (χ2v) is 7.67. The topological polar surface area (TPSA) is 106 Å². The Bertz CT molecular complexity index is 825. The lowest BCUT2D eigenvalue weighted by molar-refractivity contribution is 0.00622. The minimum atomic E-state index is -0.650. The van der Waals surface area contributed by atoms with Gasteiger partial charge in [-0.15, -0.1) is 0 Å². The number of carbonyl (C=O) groups is 2. The number of anilines is 1. The summed E-state index contributed by atoms with van der Waals surface area (Å²) in [6.07, 6.45) is 3.67. The summed E-state index contributed by atoms with van der Waals surface area (Å²) in [5.74, 6) is -0.650. The maximum atomic E-state index is 12.6. The first-order valence-electron chi connectivity index (χ1n) is 8.43. The third-order valence-electron chi connectivity index (χ3n) is 3.57. The second kappa shape index (κ2) is 8.51. The van der Waals surface area contributed by atoms with Gasteiger partial charge in [-0.05, 0) is 48.7 Å². The molecule has 27 heavy (non-hydrogen) atoms. The molecule has 0 aliphatic rings. The number of hydrogen-bond acceptors (Lipinski definition) is 7. The molecule has 2 heterocycles. The molecule has 146 valence electrons. The molecule has 2 N–H and O–H groups in total. The fraction of sp³-hybridized carbons (Fsp3) is 0.444. The Morgan fingerprint density at radius 2 is 1.85 bits per heavy atom. The molecule has 0 unspecified atom stereocenters. The molecule has 0 spiro atoms. The quantitative estimate of drug-likeness (QED) is 0.664. The Balaban J connectivity index is 2.38. The summed E-state index contributed by atoms with van der Waals surface area (Å²) >= 11 is 3.27. The van der Waals surface area contributed by atoms with Crippen molar-refractivity contribution < 1.29 is 19.1 Å². The zero-order valence-electron chi connectivity index (χ0n) is 16.0. The molecule has 0 aliphatic carbocycles. The average molecular weight is 439 g/mol. The Morgan fingerprint density at radius 3 is 2.37 bits per heavy atom. The van der Waals surface area contributed by atoms with Crippen LogP contribution in [0.4, 0.5) is 5.95 Å². The van der Waals surface area contributed by atoms with E-state index in [9.17, 15) is 9.59 Å². The van der Waals surface area contributed by atoms with E-state index in [0.29, 0.717) is 29.2 Å². The smallest absolute Gasteiger partial charge is 0.355 e. The number of aromatic amines is 1. The van der Waals surface area contributed by atoms with E-state index in [1.54, 1.807) is 33.2 Å². The number of esters is 2. The van der Waals surface area contributed by atoms with Crippen LogP contribution < -0.4 is 5.32 Å². The number of nitrogens with one attached hydrogen (secondary N) is 2. The first-order valence-corrected chi connectivity index (χ1v) is 9.22. The Hall–Kier alpha value is -2.42. The normalized spacial score (nSPS) is 11.2. The maximum Gasteiger partial charge on any atom is 0.355 e. The number of nitrogens with zero attached hydrogens (tertiary/aromatic N) is 2. The minimum absolute atomic E-state index is 0.210. The van der Waals surface area contributed by atoms with Crippen LogP contribution >= 0.6 is 15.9 Å². The van der Waals surface area contributed by atoms with Crippen LogP contribution in [-0.2, 0) is 22.4 Å². The van der Waals surface area contributed by atoms with Crippen molar-refractivity contribution in [3.63, 3.8) is 0 Å². The third kappa shape index (κ3) is 5.29. The van der Waals surface area contributed by atoms with Crippen molar-refractivity contribution in [2.45, 2.75) is 46.3 Å². The summed E-state index contributed by atoms with van der Waals surface area (Å²) in [7, 11) is 1.30. The van der Waals surface area contributed by atoms with E-state index >= 15 is 0 Å².